The second-order valence-corrected chi connectivity index (χ2v) is 3.24. The molecule has 0 unspecified atom stereocenters. The van der Waals surface area contributed by atoms with Crippen molar-refractivity contribution in [3.05, 3.63) is 12.7 Å². The Labute approximate surface area is 77.5 Å². The summed E-state index contributed by atoms with van der Waals surface area (Å²) in [6, 6.07) is 0. The fourth-order valence-electron chi connectivity index (χ4n) is 1.32. The lowest BCUT2D eigenvalue weighted by Gasteiger charge is -2.17. The molecule has 0 fully saturated rings. The molecule has 72 valence electrons. The highest BCUT2D eigenvalue weighted by Crippen LogP contribution is 2.00. The first-order valence-corrected chi connectivity index (χ1v) is 5.18. The number of unbranched alkanes of at least 4 members (excludes halogenated alkanes) is 3. The van der Waals surface area contributed by atoms with Crippen LogP contribution in [-0.4, -0.2) is 24.5 Å². The Morgan fingerprint density at radius 1 is 1.17 bits per heavy atom. The summed E-state index contributed by atoms with van der Waals surface area (Å²) in [5.74, 6) is 0. The molecule has 0 aliphatic heterocycles. The van der Waals surface area contributed by atoms with Crippen LogP contribution < -0.4 is 0 Å². The van der Waals surface area contributed by atoms with Crippen molar-refractivity contribution in [1.82, 2.24) is 4.90 Å². The third-order valence-electron chi connectivity index (χ3n) is 2.16. The molecule has 0 aliphatic carbocycles. The lowest BCUT2D eigenvalue weighted by Crippen LogP contribution is -2.24. The van der Waals surface area contributed by atoms with Gasteiger partial charge in [0.25, 0.3) is 0 Å². The number of nitrogens with zero attached hydrogens (tertiary/aromatic N) is 1. The zero-order valence-corrected chi connectivity index (χ0v) is 8.68. The third-order valence-corrected chi connectivity index (χ3v) is 2.16. The van der Waals surface area contributed by atoms with E-state index in [4.69, 9.17) is 0 Å². The standard InChI is InChI=1S/C11H23N/c1-4-7-8-9-11-12(6-3)10-5-2/h5H,2,4,6-11H2,1,3H3. The lowest BCUT2D eigenvalue weighted by molar-refractivity contribution is 0.310. The fraction of sp³-hybridized carbons (Fsp3) is 0.818. The van der Waals surface area contributed by atoms with Crippen molar-refractivity contribution in [3.63, 3.8) is 0 Å². The van der Waals surface area contributed by atoms with Gasteiger partial charge in [-0.3, -0.25) is 4.90 Å². The highest BCUT2D eigenvalue weighted by molar-refractivity contribution is 4.72. The van der Waals surface area contributed by atoms with Crippen molar-refractivity contribution in [2.24, 2.45) is 0 Å². The highest BCUT2D eigenvalue weighted by Gasteiger charge is 1.97. The normalized spacial score (nSPS) is 10.6. The monoisotopic (exact) mass is 169 g/mol. The van der Waals surface area contributed by atoms with E-state index in [2.05, 4.69) is 25.3 Å². The SMILES string of the molecule is C=CCN(CC)CCCCCC. The molecule has 0 aromatic heterocycles. The van der Waals surface area contributed by atoms with Gasteiger partial charge in [0.05, 0.1) is 0 Å². The van der Waals surface area contributed by atoms with E-state index < -0.39 is 0 Å². The molecule has 0 radical (unpaired) electrons. The molecular weight excluding hydrogens is 146 g/mol. The second-order valence-electron chi connectivity index (χ2n) is 3.24. The lowest BCUT2D eigenvalue weighted by atomic mass is 10.2. The molecular formula is C11H23N. The van der Waals surface area contributed by atoms with E-state index in [0.717, 1.165) is 13.1 Å². The van der Waals surface area contributed by atoms with E-state index in [0.29, 0.717) is 0 Å². The Kier molecular flexibility index (Phi) is 8.57. The summed E-state index contributed by atoms with van der Waals surface area (Å²) in [6.07, 6.45) is 7.42. The summed E-state index contributed by atoms with van der Waals surface area (Å²) in [6.45, 7) is 11.6. The summed E-state index contributed by atoms with van der Waals surface area (Å²) in [5, 5.41) is 0. The van der Waals surface area contributed by atoms with Crippen LogP contribution in [-0.2, 0) is 0 Å². The van der Waals surface area contributed by atoms with E-state index in [1.807, 2.05) is 6.08 Å². The van der Waals surface area contributed by atoms with Gasteiger partial charge >= 0.3 is 0 Å². The van der Waals surface area contributed by atoms with Gasteiger partial charge in [-0.25, -0.2) is 0 Å². The van der Waals surface area contributed by atoms with E-state index in [1.165, 1.54) is 32.2 Å². The molecule has 0 N–H and O–H groups in total. The average Bonchev–Trinajstić information content (AvgIpc) is 2.10. The topological polar surface area (TPSA) is 3.24 Å². The molecule has 0 spiro atoms. The zero-order chi connectivity index (χ0) is 9.23. The Hall–Kier alpha value is -0.300. The minimum atomic E-state index is 1.04. The number of hydrogen-bond acceptors (Lipinski definition) is 1. The molecule has 0 aromatic rings. The predicted octanol–water partition coefficient (Wildman–Crippen LogP) is 3.07. The van der Waals surface area contributed by atoms with Crippen molar-refractivity contribution in [1.29, 1.82) is 0 Å². The molecule has 0 bridgehead atoms. The summed E-state index contributed by atoms with van der Waals surface area (Å²) in [5.41, 5.74) is 0. The molecule has 0 amide bonds. The summed E-state index contributed by atoms with van der Waals surface area (Å²) < 4.78 is 0. The average molecular weight is 169 g/mol. The van der Waals surface area contributed by atoms with Gasteiger partial charge in [-0.2, -0.15) is 0 Å². The van der Waals surface area contributed by atoms with Gasteiger partial charge in [-0.05, 0) is 19.5 Å². The molecule has 0 aromatic carbocycles. The van der Waals surface area contributed by atoms with E-state index in [9.17, 15) is 0 Å². The van der Waals surface area contributed by atoms with Crippen LogP contribution in [0.2, 0.25) is 0 Å². The van der Waals surface area contributed by atoms with Crippen LogP contribution in [0.15, 0.2) is 12.7 Å². The highest BCUT2D eigenvalue weighted by atomic mass is 15.1. The number of rotatable bonds is 8. The van der Waals surface area contributed by atoms with Crippen molar-refractivity contribution in [3.8, 4) is 0 Å². The summed E-state index contributed by atoms with van der Waals surface area (Å²) in [4.78, 5) is 2.43. The third kappa shape index (κ3) is 6.41. The van der Waals surface area contributed by atoms with Crippen LogP contribution in [0, 0.1) is 0 Å². The van der Waals surface area contributed by atoms with Crippen molar-refractivity contribution >= 4 is 0 Å². The fourth-order valence-corrected chi connectivity index (χ4v) is 1.32. The molecule has 0 saturated carbocycles. The molecule has 0 aliphatic rings. The van der Waals surface area contributed by atoms with Crippen LogP contribution in [0.5, 0.6) is 0 Å². The van der Waals surface area contributed by atoms with Crippen LogP contribution >= 0.6 is 0 Å². The predicted molar refractivity (Wildman–Crippen MR) is 56.5 cm³/mol. The van der Waals surface area contributed by atoms with Crippen LogP contribution in [0.1, 0.15) is 39.5 Å². The molecule has 12 heavy (non-hydrogen) atoms. The van der Waals surface area contributed by atoms with Gasteiger partial charge in [0.1, 0.15) is 0 Å². The van der Waals surface area contributed by atoms with Crippen molar-refractivity contribution < 1.29 is 0 Å². The first-order valence-electron chi connectivity index (χ1n) is 5.18. The molecule has 0 rings (SSSR count). The molecule has 1 nitrogen and oxygen atoms in total. The van der Waals surface area contributed by atoms with Gasteiger partial charge in [-0.1, -0.05) is 39.2 Å². The second kappa shape index (κ2) is 8.79. The molecule has 0 atom stereocenters. The molecule has 1 heteroatoms. The number of likely N-dealkylation sites (N-methyl/N-ethyl adjacent to an activating group) is 1. The van der Waals surface area contributed by atoms with Gasteiger partial charge in [0.2, 0.25) is 0 Å². The van der Waals surface area contributed by atoms with Crippen molar-refractivity contribution in [2.45, 2.75) is 39.5 Å². The van der Waals surface area contributed by atoms with Gasteiger partial charge in [-0.15, -0.1) is 6.58 Å². The van der Waals surface area contributed by atoms with Gasteiger partial charge in [0.15, 0.2) is 0 Å². The van der Waals surface area contributed by atoms with E-state index in [1.54, 1.807) is 0 Å². The Bertz CT molecular complexity index is 99.2. The van der Waals surface area contributed by atoms with Crippen LogP contribution in [0.25, 0.3) is 0 Å². The quantitative estimate of drug-likeness (QED) is 0.399. The Morgan fingerprint density at radius 3 is 2.42 bits per heavy atom. The minimum absolute atomic E-state index is 1.04. The van der Waals surface area contributed by atoms with Gasteiger partial charge < -0.3 is 0 Å². The van der Waals surface area contributed by atoms with E-state index >= 15 is 0 Å². The zero-order valence-electron chi connectivity index (χ0n) is 8.68. The molecule has 0 heterocycles. The minimum Gasteiger partial charge on any atom is -0.300 e. The maximum absolute atomic E-state index is 3.75. The number of hydrogen-bond donors (Lipinski definition) is 0. The maximum Gasteiger partial charge on any atom is 0.0160 e. The molecule has 0 saturated heterocycles. The van der Waals surface area contributed by atoms with Crippen LogP contribution in [0.3, 0.4) is 0 Å². The summed E-state index contributed by atoms with van der Waals surface area (Å²) >= 11 is 0. The Morgan fingerprint density at radius 2 is 1.92 bits per heavy atom. The largest absolute Gasteiger partial charge is 0.300 e. The van der Waals surface area contributed by atoms with E-state index in [-0.39, 0.29) is 0 Å². The maximum atomic E-state index is 3.75. The van der Waals surface area contributed by atoms with Gasteiger partial charge in [0, 0.05) is 6.54 Å². The first kappa shape index (κ1) is 11.7. The van der Waals surface area contributed by atoms with Crippen LogP contribution in [0.4, 0.5) is 0 Å². The summed E-state index contributed by atoms with van der Waals surface area (Å²) in [7, 11) is 0. The Balaban J connectivity index is 3.25. The smallest absolute Gasteiger partial charge is 0.0160 e. The van der Waals surface area contributed by atoms with Crippen molar-refractivity contribution in [2.75, 3.05) is 19.6 Å². The first-order chi connectivity index (χ1) is 5.85.